The molecule has 0 spiro atoms. The molecule has 1 fully saturated rings. The molecule has 2 aliphatic rings. The van der Waals surface area contributed by atoms with E-state index < -0.39 is 0 Å². The summed E-state index contributed by atoms with van der Waals surface area (Å²) in [6.07, 6.45) is 2.28. The second kappa shape index (κ2) is 8.50. The third-order valence-corrected chi connectivity index (χ3v) is 7.14. The fourth-order valence-electron chi connectivity index (χ4n) is 5.05. The molecule has 8 heteroatoms. The molecule has 1 unspecified atom stereocenters. The summed E-state index contributed by atoms with van der Waals surface area (Å²) in [6.45, 7) is 5.79. The molecule has 2 amide bonds. The highest BCUT2D eigenvalue weighted by Gasteiger charge is 2.29. The highest BCUT2D eigenvalue weighted by Crippen LogP contribution is 2.29. The summed E-state index contributed by atoms with van der Waals surface area (Å²) in [7, 11) is 0. The first-order chi connectivity index (χ1) is 15.9. The molecule has 172 valence electrons. The van der Waals surface area contributed by atoms with Crippen LogP contribution < -0.4 is 5.56 Å². The molecule has 0 bridgehead atoms. The number of fused-ring (bicyclic) bond motifs is 2. The lowest BCUT2D eigenvalue weighted by Gasteiger charge is -2.33. The second-order valence-electron chi connectivity index (χ2n) is 9.17. The fraction of sp³-hybridized carbons (Fsp3) is 0.440. The zero-order valence-electron chi connectivity index (χ0n) is 19.1. The summed E-state index contributed by atoms with van der Waals surface area (Å²) >= 11 is 0. The van der Waals surface area contributed by atoms with Gasteiger partial charge in [-0.3, -0.25) is 19.5 Å². The monoisotopic (exact) mass is 447 g/mol. The molecule has 2 aliphatic heterocycles. The minimum Gasteiger partial charge on any atom is -0.342 e. The number of rotatable bonds is 3. The van der Waals surface area contributed by atoms with Crippen molar-refractivity contribution < 1.29 is 9.59 Å². The van der Waals surface area contributed by atoms with Crippen LogP contribution in [0.3, 0.4) is 0 Å². The van der Waals surface area contributed by atoms with E-state index in [0.29, 0.717) is 43.8 Å². The summed E-state index contributed by atoms with van der Waals surface area (Å²) in [6, 6.07) is 11.9. The van der Waals surface area contributed by atoms with E-state index in [1.807, 2.05) is 48.2 Å². The number of H-pyrrole nitrogens is 1. The molecule has 3 aromatic rings. The molecule has 1 N–H and O–H groups in total. The molecule has 2 aromatic heterocycles. The standard InChI is InChI=1S/C25H29N5O3/c1-16(18-6-4-3-5-7-18)24(32)28-11-8-19(9-12-28)22-14-23-26-21-10-13-29(17(2)31)15-20(21)25(33)30(23)27-22/h3-7,14,16,19,27H,8-13,15H2,1-2H3. The highest BCUT2D eigenvalue weighted by atomic mass is 16.2. The van der Waals surface area contributed by atoms with Gasteiger partial charge in [0.15, 0.2) is 5.65 Å². The maximum atomic E-state index is 13.1. The first kappa shape index (κ1) is 21.4. The number of amides is 2. The van der Waals surface area contributed by atoms with Crippen LogP contribution in [0.5, 0.6) is 0 Å². The van der Waals surface area contributed by atoms with Crippen molar-refractivity contribution in [3.63, 3.8) is 0 Å². The predicted molar refractivity (Wildman–Crippen MR) is 124 cm³/mol. The van der Waals surface area contributed by atoms with E-state index in [1.54, 1.807) is 4.90 Å². The van der Waals surface area contributed by atoms with Gasteiger partial charge in [-0.2, -0.15) is 0 Å². The summed E-state index contributed by atoms with van der Waals surface area (Å²) in [5.41, 5.74) is 3.90. The van der Waals surface area contributed by atoms with Crippen LogP contribution in [0.2, 0.25) is 0 Å². The number of nitrogens with one attached hydrogen (secondary N) is 1. The molecule has 1 saturated heterocycles. The van der Waals surface area contributed by atoms with Crippen molar-refractivity contribution in [1.82, 2.24) is 24.4 Å². The lowest BCUT2D eigenvalue weighted by atomic mass is 9.92. The number of likely N-dealkylation sites (tertiary alicyclic amines) is 1. The quantitative estimate of drug-likeness (QED) is 0.668. The minimum absolute atomic E-state index is 0.0276. The van der Waals surface area contributed by atoms with Crippen LogP contribution in [0.4, 0.5) is 0 Å². The SMILES string of the molecule is CC(=O)N1CCc2nc3cc(C4CCN(C(=O)C(C)c5ccccc5)CC4)[nH]n3c(=O)c2C1. The fourth-order valence-corrected chi connectivity index (χ4v) is 5.05. The van der Waals surface area contributed by atoms with Crippen LogP contribution >= 0.6 is 0 Å². The van der Waals surface area contributed by atoms with E-state index in [1.165, 1.54) is 11.4 Å². The Morgan fingerprint density at radius 1 is 1.09 bits per heavy atom. The van der Waals surface area contributed by atoms with E-state index in [2.05, 4.69) is 5.10 Å². The van der Waals surface area contributed by atoms with Crippen LogP contribution in [-0.4, -0.2) is 55.8 Å². The van der Waals surface area contributed by atoms with Crippen molar-refractivity contribution in [1.29, 1.82) is 0 Å². The maximum absolute atomic E-state index is 13.1. The third kappa shape index (κ3) is 3.94. The predicted octanol–water partition coefficient (Wildman–Crippen LogP) is 2.44. The summed E-state index contributed by atoms with van der Waals surface area (Å²) in [5, 5.41) is 3.26. The molecule has 1 aromatic carbocycles. The first-order valence-electron chi connectivity index (χ1n) is 11.6. The number of carbonyl (C=O) groups excluding carboxylic acids is 2. The van der Waals surface area contributed by atoms with Crippen molar-refractivity contribution in [3.05, 3.63) is 69.3 Å². The third-order valence-electron chi connectivity index (χ3n) is 7.14. The highest BCUT2D eigenvalue weighted by molar-refractivity contribution is 5.83. The van der Waals surface area contributed by atoms with Crippen molar-refractivity contribution >= 4 is 17.5 Å². The largest absolute Gasteiger partial charge is 0.342 e. The van der Waals surface area contributed by atoms with Crippen molar-refractivity contribution in [2.45, 2.75) is 51.5 Å². The smallest absolute Gasteiger partial charge is 0.277 e. The second-order valence-corrected chi connectivity index (χ2v) is 9.17. The van der Waals surface area contributed by atoms with Gasteiger partial charge < -0.3 is 9.80 Å². The van der Waals surface area contributed by atoms with Crippen molar-refractivity contribution in [3.8, 4) is 0 Å². The van der Waals surface area contributed by atoms with Gasteiger partial charge in [0.25, 0.3) is 5.56 Å². The molecule has 33 heavy (non-hydrogen) atoms. The topological polar surface area (TPSA) is 90.8 Å². The maximum Gasteiger partial charge on any atom is 0.277 e. The lowest BCUT2D eigenvalue weighted by molar-refractivity contribution is -0.133. The molecule has 5 rings (SSSR count). The Hall–Kier alpha value is -3.42. The van der Waals surface area contributed by atoms with Gasteiger partial charge in [0, 0.05) is 50.7 Å². The number of piperidine rings is 1. The van der Waals surface area contributed by atoms with E-state index >= 15 is 0 Å². The Balaban J connectivity index is 1.31. The molecule has 4 heterocycles. The number of benzene rings is 1. The minimum atomic E-state index is -0.153. The average Bonchev–Trinajstić information content (AvgIpc) is 3.28. The number of hydrogen-bond donors (Lipinski definition) is 1. The average molecular weight is 448 g/mol. The van der Waals surface area contributed by atoms with E-state index in [4.69, 9.17) is 4.98 Å². The Morgan fingerprint density at radius 3 is 2.52 bits per heavy atom. The number of carbonyl (C=O) groups is 2. The Labute approximate surface area is 192 Å². The Bertz CT molecular complexity index is 1250. The summed E-state index contributed by atoms with van der Waals surface area (Å²) in [4.78, 5) is 46.2. The molecule has 0 aliphatic carbocycles. The van der Waals surface area contributed by atoms with E-state index in [9.17, 15) is 14.4 Å². The van der Waals surface area contributed by atoms with Gasteiger partial charge in [0.1, 0.15) is 0 Å². The molecular weight excluding hydrogens is 418 g/mol. The lowest BCUT2D eigenvalue weighted by Crippen LogP contribution is -2.40. The molecule has 1 atom stereocenters. The van der Waals surface area contributed by atoms with Gasteiger partial charge in [-0.15, -0.1) is 0 Å². The normalized spacial score (nSPS) is 17.8. The summed E-state index contributed by atoms with van der Waals surface area (Å²) < 4.78 is 1.51. The number of aromatic amines is 1. The first-order valence-corrected chi connectivity index (χ1v) is 11.6. The van der Waals surface area contributed by atoms with Crippen LogP contribution in [0.15, 0.2) is 41.2 Å². The van der Waals surface area contributed by atoms with Crippen LogP contribution in [0.25, 0.3) is 5.65 Å². The molecule has 0 radical (unpaired) electrons. The number of nitrogens with zero attached hydrogens (tertiary/aromatic N) is 4. The van der Waals surface area contributed by atoms with Gasteiger partial charge in [0.2, 0.25) is 11.8 Å². The molecular formula is C25H29N5O3. The van der Waals surface area contributed by atoms with Gasteiger partial charge >= 0.3 is 0 Å². The number of aromatic nitrogens is 3. The van der Waals surface area contributed by atoms with Gasteiger partial charge in [-0.05, 0) is 25.3 Å². The van der Waals surface area contributed by atoms with E-state index in [-0.39, 0.29) is 29.2 Å². The van der Waals surface area contributed by atoms with Crippen LogP contribution in [0.1, 0.15) is 61.0 Å². The van der Waals surface area contributed by atoms with Crippen molar-refractivity contribution in [2.24, 2.45) is 0 Å². The Kier molecular flexibility index (Phi) is 5.52. The van der Waals surface area contributed by atoms with Crippen LogP contribution in [-0.2, 0) is 22.6 Å². The zero-order chi connectivity index (χ0) is 23.1. The molecule has 0 saturated carbocycles. The van der Waals surface area contributed by atoms with Gasteiger partial charge in [-0.1, -0.05) is 30.3 Å². The summed E-state index contributed by atoms with van der Waals surface area (Å²) in [5.74, 6) is 0.226. The van der Waals surface area contributed by atoms with Gasteiger partial charge in [0.05, 0.1) is 23.7 Å². The van der Waals surface area contributed by atoms with Crippen LogP contribution in [0, 0.1) is 0 Å². The van der Waals surface area contributed by atoms with E-state index in [0.717, 1.165) is 29.8 Å². The zero-order valence-corrected chi connectivity index (χ0v) is 19.1. The Morgan fingerprint density at radius 2 is 1.82 bits per heavy atom. The van der Waals surface area contributed by atoms with Crippen molar-refractivity contribution in [2.75, 3.05) is 19.6 Å². The van der Waals surface area contributed by atoms with Gasteiger partial charge in [-0.25, -0.2) is 9.50 Å². The molecule has 8 nitrogen and oxygen atoms in total. The number of hydrogen-bond acceptors (Lipinski definition) is 4.